The number of benzene rings is 2. The number of nitrogens with zero attached hydrogens (tertiary/aromatic N) is 3. The van der Waals surface area contributed by atoms with Crippen molar-refractivity contribution in [2.24, 2.45) is 0 Å². The maximum atomic E-state index is 13.4. The van der Waals surface area contributed by atoms with Crippen molar-refractivity contribution in [1.29, 1.82) is 0 Å². The molecule has 34 heavy (non-hydrogen) atoms. The fourth-order valence-electron chi connectivity index (χ4n) is 3.70. The molecule has 10 heteroatoms. The van der Waals surface area contributed by atoms with E-state index in [1.165, 1.54) is 11.8 Å². The zero-order valence-electron chi connectivity index (χ0n) is 18.0. The highest BCUT2D eigenvalue weighted by Crippen LogP contribution is 2.38. The molecule has 1 amide bonds. The predicted molar refractivity (Wildman–Crippen MR) is 140 cm³/mol. The summed E-state index contributed by atoms with van der Waals surface area (Å²) in [5.41, 5.74) is 3.07. The number of hydrogen-bond donors (Lipinski definition) is 2. The molecule has 2 aromatic heterocycles. The van der Waals surface area contributed by atoms with Gasteiger partial charge in [-0.1, -0.05) is 53.2 Å². The van der Waals surface area contributed by atoms with Crippen LogP contribution in [0.1, 0.15) is 23.4 Å². The van der Waals surface area contributed by atoms with Gasteiger partial charge in [-0.2, -0.15) is 4.98 Å². The molecule has 0 saturated heterocycles. The van der Waals surface area contributed by atoms with Gasteiger partial charge in [0.15, 0.2) is 0 Å². The maximum absolute atomic E-state index is 13.4. The summed E-state index contributed by atoms with van der Waals surface area (Å²) in [7, 11) is 0. The Morgan fingerprint density at radius 2 is 1.97 bits per heavy atom. The van der Waals surface area contributed by atoms with Gasteiger partial charge < -0.3 is 10.6 Å². The standard InChI is InChI=1S/C24H19Cl2N5OS2/c1-14-20(22(32)28-18-9-7-16(25)8-10-18)21(19-6-3-11-33-19)31-23(27-14)29-24(30-31)34-13-15-4-2-5-17(26)12-15/h2-12,21H,13H2,1H3,(H,28,32)(H,27,29,30)/t21-/m1/s1. The molecular formula is C24H19Cl2N5OS2. The van der Waals surface area contributed by atoms with E-state index in [9.17, 15) is 4.79 Å². The first-order valence-electron chi connectivity index (χ1n) is 10.4. The second kappa shape index (κ2) is 9.84. The van der Waals surface area contributed by atoms with Crippen LogP contribution >= 0.6 is 46.3 Å². The molecule has 4 aromatic rings. The minimum absolute atomic E-state index is 0.208. The average molecular weight is 528 g/mol. The fraction of sp³-hybridized carbons (Fsp3) is 0.125. The molecule has 0 spiro atoms. The summed E-state index contributed by atoms with van der Waals surface area (Å²) in [5, 5.41) is 14.9. The summed E-state index contributed by atoms with van der Waals surface area (Å²) in [6.07, 6.45) is 0. The number of hydrogen-bond acceptors (Lipinski definition) is 6. The van der Waals surface area contributed by atoms with E-state index in [2.05, 4.69) is 15.6 Å². The van der Waals surface area contributed by atoms with E-state index in [-0.39, 0.29) is 5.91 Å². The first-order chi connectivity index (χ1) is 16.5. The zero-order valence-corrected chi connectivity index (χ0v) is 21.1. The minimum Gasteiger partial charge on any atom is -0.328 e. The first-order valence-corrected chi connectivity index (χ1v) is 13.0. The number of rotatable bonds is 6. The van der Waals surface area contributed by atoms with E-state index < -0.39 is 6.04 Å². The van der Waals surface area contributed by atoms with Crippen molar-refractivity contribution in [2.45, 2.75) is 23.9 Å². The summed E-state index contributed by atoms with van der Waals surface area (Å²) >= 11 is 15.2. The van der Waals surface area contributed by atoms with Gasteiger partial charge >= 0.3 is 0 Å². The smallest absolute Gasteiger partial charge is 0.255 e. The normalized spacial score (nSPS) is 15.1. The Hall–Kier alpha value is -2.78. The zero-order chi connectivity index (χ0) is 23.7. The molecule has 2 N–H and O–H groups in total. The van der Waals surface area contributed by atoms with E-state index in [1.807, 2.05) is 48.7 Å². The summed E-state index contributed by atoms with van der Waals surface area (Å²) in [6, 6.07) is 18.4. The molecule has 0 radical (unpaired) electrons. The molecule has 6 nitrogen and oxygen atoms in total. The number of carbonyl (C=O) groups excluding carboxylic acids is 1. The lowest BCUT2D eigenvalue weighted by molar-refractivity contribution is -0.113. The van der Waals surface area contributed by atoms with Gasteiger partial charge in [-0.3, -0.25) is 4.79 Å². The van der Waals surface area contributed by atoms with Crippen LogP contribution in [0.3, 0.4) is 0 Å². The van der Waals surface area contributed by atoms with Gasteiger partial charge in [-0.15, -0.1) is 16.4 Å². The molecule has 1 aliphatic heterocycles. The second-order valence-corrected chi connectivity index (χ2v) is 10.4. The highest BCUT2D eigenvalue weighted by molar-refractivity contribution is 7.98. The second-order valence-electron chi connectivity index (χ2n) is 7.62. The number of thioether (sulfide) groups is 1. The Bertz CT molecular complexity index is 1370. The molecule has 0 saturated carbocycles. The van der Waals surface area contributed by atoms with Crippen LogP contribution in [0.15, 0.2) is 82.5 Å². The molecule has 0 fully saturated rings. The minimum atomic E-state index is -0.392. The van der Waals surface area contributed by atoms with Gasteiger partial charge in [0, 0.05) is 32.1 Å². The number of amides is 1. The third-order valence-corrected chi connectivity index (χ3v) is 7.57. The van der Waals surface area contributed by atoms with Gasteiger partial charge in [-0.05, 0) is 60.3 Å². The van der Waals surface area contributed by atoms with E-state index in [1.54, 1.807) is 40.3 Å². The van der Waals surface area contributed by atoms with Crippen LogP contribution in [0.4, 0.5) is 11.6 Å². The topological polar surface area (TPSA) is 71.8 Å². The third kappa shape index (κ3) is 4.86. The van der Waals surface area contributed by atoms with Crippen LogP contribution < -0.4 is 10.6 Å². The number of anilines is 2. The van der Waals surface area contributed by atoms with Gasteiger partial charge in [0.05, 0.1) is 5.57 Å². The summed E-state index contributed by atoms with van der Waals surface area (Å²) < 4.78 is 1.79. The lowest BCUT2D eigenvalue weighted by Gasteiger charge is -2.27. The van der Waals surface area contributed by atoms with Crippen molar-refractivity contribution < 1.29 is 4.79 Å². The SMILES string of the molecule is CC1=C(C(=O)Nc2ccc(Cl)cc2)[C@@H](c2cccs2)n2nc(SCc3cccc(Cl)c3)nc2N1. The van der Waals surface area contributed by atoms with Crippen LogP contribution in [0, 0.1) is 0 Å². The lowest BCUT2D eigenvalue weighted by atomic mass is 10.0. The Morgan fingerprint density at radius 3 is 2.71 bits per heavy atom. The Morgan fingerprint density at radius 1 is 1.15 bits per heavy atom. The molecule has 0 bridgehead atoms. The van der Waals surface area contributed by atoms with Gasteiger partial charge in [0.1, 0.15) is 6.04 Å². The Balaban J connectivity index is 1.44. The summed E-state index contributed by atoms with van der Waals surface area (Å²) in [5.74, 6) is 1.08. The number of fused-ring (bicyclic) bond motifs is 1. The first kappa shape index (κ1) is 23.0. The van der Waals surface area contributed by atoms with Crippen molar-refractivity contribution in [3.63, 3.8) is 0 Å². The molecule has 5 rings (SSSR count). The monoisotopic (exact) mass is 527 g/mol. The number of allylic oxidation sites excluding steroid dienone is 1. The van der Waals surface area contributed by atoms with E-state index in [4.69, 9.17) is 28.3 Å². The lowest BCUT2D eigenvalue weighted by Crippen LogP contribution is -2.31. The molecule has 2 aromatic carbocycles. The van der Waals surface area contributed by atoms with Crippen LogP contribution in [0.25, 0.3) is 0 Å². The van der Waals surface area contributed by atoms with E-state index in [0.29, 0.717) is 38.2 Å². The Kier molecular flexibility index (Phi) is 6.65. The highest BCUT2D eigenvalue weighted by Gasteiger charge is 2.35. The molecule has 1 aliphatic rings. The van der Waals surface area contributed by atoms with E-state index in [0.717, 1.165) is 16.1 Å². The number of thiophene rings is 1. The summed E-state index contributed by atoms with van der Waals surface area (Å²) in [4.78, 5) is 19.1. The third-order valence-electron chi connectivity index (χ3n) is 5.25. The van der Waals surface area contributed by atoms with Crippen LogP contribution in [0.2, 0.25) is 10.0 Å². The molecular weight excluding hydrogens is 509 g/mol. The predicted octanol–water partition coefficient (Wildman–Crippen LogP) is 6.87. The number of nitrogens with one attached hydrogen (secondary N) is 2. The van der Waals surface area contributed by atoms with Crippen molar-refractivity contribution in [3.05, 3.63) is 97.8 Å². The maximum Gasteiger partial charge on any atom is 0.255 e. The van der Waals surface area contributed by atoms with Crippen molar-refractivity contribution >= 4 is 63.8 Å². The number of halogens is 2. The van der Waals surface area contributed by atoms with Crippen LogP contribution in [-0.2, 0) is 10.5 Å². The molecule has 3 heterocycles. The van der Waals surface area contributed by atoms with Crippen LogP contribution in [-0.4, -0.2) is 20.7 Å². The van der Waals surface area contributed by atoms with Gasteiger partial charge in [-0.25, -0.2) is 4.68 Å². The highest BCUT2D eigenvalue weighted by atomic mass is 35.5. The molecule has 0 unspecified atom stereocenters. The molecule has 172 valence electrons. The van der Waals surface area contributed by atoms with Crippen molar-refractivity contribution in [2.75, 3.05) is 10.6 Å². The number of aromatic nitrogens is 3. The van der Waals surface area contributed by atoms with Gasteiger partial charge in [0.2, 0.25) is 11.1 Å². The van der Waals surface area contributed by atoms with Crippen molar-refractivity contribution in [3.8, 4) is 0 Å². The largest absolute Gasteiger partial charge is 0.328 e. The fourth-order valence-corrected chi connectivity index (χ4v) is 5.63. The van der Waals surface area contributed by atoms with E-state index >= 15 is 0 Å². The summed E-state index contributed by atoms with van der Waals surface area (Å²) in [6.45, 7) is 1.88. The number of carbonyl (C=O) groups is 1. The quantitative estimate of drug-likeness (QED) is 0.268. The van der Waals surface area contributed by atoms with Gasteiger partial charge in [0.25, 0.3) is 5.91 Å². The average Bonchev–Trinajstić information content (AvgIpc) is 3.48. The molecule has 1 atom stereocenters. The van der Waals surface area contributed by atoms with Crippen molar-refractivity contribution in [1.82, 2.24) is 14.8 Å². The van der Waals surface area contributed by atoms with Crippen LogP contribution in [0.5, 0.6) is 0 Å². The Labute approximate surface area is 215 Å². The molecule has 0 aliphatic carbocycles.